The standard InChI is InChI=1S/C44H33N3/c1-28-5-3-4-6-38(28)42-29(2)25-34-12-11-33-15-22-39(40-23-24-41(42)44(34)43(33)40)32-13-20-37(21-14-32)47(35-16-7-30(26-45)8-17-35)36-18-9-31(27-46)10-19-36/h3-14,16-21,23-25,28,38H,15,22H2,1-2H3/t28?,38-/m1/s1. The first-order chi connectivity index (χ1) is 23.0. The summed E-state index contributed by atoms with van der Waals surface area (Å²) in [7, 11) is 0. The molecule has 0 fully saturated rings. The molecule has 6 aromatic rings. The Balaban J connectivity index is 1.27. The minimum Gasteiger partial charge on any atom is -0.311 e. The molecule has 0 amide bonds. The van der Waals surface area contributed by atoms with Gasteiger partial charge in [0.25, 0.3) is 0 Å². The van der Waals surface area contributed by atoms with Crippen LogP contribution in [0.15, 0.2) is 127 Å². The molecule has 2 aliphatic carbocycles. The SMILES string of the molecule is Cc1cc2ccc3c4c(ccc(c1[C@@H]1C=CC=CC1C)c24)=C(c1ccc(N(c2ccc(C#N)cc2)c2ccc(C#N)cc2)cc1)CC3. The van der Waals surface area contributed by atoms with Gasteiger partial charge >= 0.3 is 0 Å². The number of aryl methyl sites for hydroxylation is 2. The number of nitriles is 2. The molecule has 0 radical (unpaired) electrons. The highest BCUT2D eigenvalue weighted by Crippen LogP contribution is 2.42. The van der Waals surface area contributed by atoms with Gasteiger partial charge in [-0.05, 0) is 141 Å². The number of nitrogens with zero attached hydrogens (tertiary/aromatic N) is 3. The molecule has 0 aromatic heterocycles. The average Bonchev–Trinajstić information content (AvgIpc) is 3.12. The van der Waals surface area contributed by atoms with Gasteiger partial charge in [0, 0.05) is 23.0 Å². The number of rotatable bonds is 5. The lowest BCUT2D eigenvalue weighted by atomic mass is 9.77. The molecule has 0 bridgehead atoms. The monoisotopic (exact) mass is 603 g/mol. The van der Waals surface area contributed by atoms with E-state index in [1.165, 1.54) is 54.6 Å². The number of allylic oxidation sites excluding steroid dienone is 4. The van der Waals surface area contributed by atoms with Crippen molar-refractivity contribution in [2.24, 2.45) is 5.92 Å². The van der Waals surface area contributed by atoms with Gasteiger partial charge < -0.3 is 4.90 Å². The second kappa shape index (κ2) is 11.5. The van der Waals surface area contributed by atoms with E-state index in [9.17, 15) is 10.5 Å². The van der Waals surface area contributed by atoms with Gasteiger partial charge in [0.05, 0.1) is 23.3 Å². The van der Waals surface area contributed by atoms with Crippen LogP contribution >= 0.6 is 0 Å². The lowest BCUT2D eigenvalue weighted by molar-refractivity contribution is 0.636. The molecule has 0 heterocycles. The van der Waals surface area contributed by atoms with Crippen molar-refractivity contribution < 1.29 is 0 Å². The predicted octanol–water partition coefficient (Wildman–Crippen LogP) is 10.2. The molecule has 47 heavy (non-hydrogen) atoms. The highest BCUT2D eigenvalue weighted by Gasteiger charge is 2.24. The molecular weight excluding hydrogens is 571 g/mol. The van der Waals surface area contributed by atoms with Gasteiger partial charge in [-0.1, -0.05) is 73.7 Å². The average molecular weight is 604 g/mol. The first-order valence-electron chi connectivity index (χ1n) is 16.3. The summed E-state index contributed by atoms with van der Waals surface area (Å²) in [6, 6.07) is 40.4. The predicted molar refractivity (Wildman–Crippen MR) is 193 cm³/mol. The summed E-state index contributed by atoms with van der Waals surface area (Å²) in [6.45, 7) is 4.60. The van der Waals surface area contributed by atoms with Crippen molar-refractivity contribution in [3.63, 3.8) is 0 Å². The zero-order valence-corrected chi connectivity index (χ0v) is 26.5. The lowest BCUT2D eigenvalue weighted by Gasteiger charge is -2.27. The van der Waals surface area contributed by atoms with Crippen LogP contribution < -0.4 is 10.1 Å². The van der Waals surface area contributed by atoms with Crippen LogP contribution in [0.5, 0.6) is 0 Å². The number of anilines is 3. The van der Waals surface area contributed by atoms with Crippen molar-refractivity contribution >= 4 is 44.2 Å². The Bertz CT molecular complexity index is 2320. The van der Waals surface area contributed by atoms with Crippen LogP contribution in [0.2, 0.25) is 0 Å². The summed E-state index contributed by atoms with van der Waals surface area (Å²) in [4.78, 5) is 2.17. The molecule has 1 unspecified atom stereocenters. The van der Waals surface area contributed by atoms with Crippen molar-refractivity contribution in [3.05, 3.63) is 166 Å². The van der Waals surface area contributed by atoms with E-state index in [0.717, 1.165) is 29.9 Å². The smallest absolute Gasteiger partial charge is 0.0991 e. The van der Waals surface area contributed by atoms with Crippen LogP contribution in [0.3, 0.4) is 0 Å². The third kappa shape index (κ3) is 4.80. The molecule has 6 aromatic carbocycles. The third-order valence-electron chi connectivity index (χ3n) is 10.1. The molecule has 224 valence electrons. The Kier molecular flexibility index (Phi) is 6.97. The molecule has 2 atom stereocenters. The quantitative estimate of drug-likeness (QED) is 0.197. The number of benzene rings is 6. The maximum atomic E-state index is 9.37. The van der Waals surface area contributed by atoms with Crippen molar-refractivity contribution in [3.8, 4) is 12.1 Å². The van der Waals surface area contributed by atoms with Crippen LogP contribution in [-0.4, -0.2) is 0 Å². The minimum absolute atomic E-state index is 0.371. The molecule has 2 aliphatic rings. The van der Waals surface area contributed by atoms with Crippen LogP contribution in [0, 0.1) is 35.5 Å². The Labute approximate surface area is 275 Å². The fourth-order valence-electron chi connectivity index (χ4n) is 7.76. The molecule has 0 aliphatic heterocycles. The van der Waals surface area contributed by atoms with Crippen LogP contribution in [0.1, 0.15) is 52.6 Å². The van der Waals surface area contributed by atoms with Gasteiger partial charge in [-0.3, -0.25) is 0 Å². The van der Waals surface area contributed by atoms with Crippen molar-refractivity contribution in [2.75, 3.05) is 4.90 Å². The molecular formula is C44H33N3. The van der Waals surface area contributed by atoms with E-state index < -0.39 is 0 Å². The van der Waals surface area contributed by atoms with Crippen molar-refractivity contribution in [2.45, 2.75) is 32.6 Å². The van der Waals surface area contributed by atoms with E-state index in [2.05, 4.69) is 110 Å². The zero-order valence-electron chi connectivity index (χ0n) is 26.5. The van der Waals surface area contributed by atoms with Gasteiger partial charge in [-0.2, -0.15) is 10.5 Å². The van der Waals surface area contributed by atoms with Gasteiger partial charge in [0.15, 0.2) is 0 Å². The molecule has 0 spiro atoms. The van der Waals surface area contributed by atoms with Gasteiger partial charge in [0.2, 0.25) is 0 Å². The summed E-state index contributed by atoms with van der Waals surface area (Å²) in [5.41, 5.74) is 11.0. The van der Waals surface area contributed by atoms with Gasteiger partial charge in [0.1, 0.15) is 0 Å². The number of hydrogen-bond donors (Lipinski definition) is 0. The first kappa shape index (κ1) is 28.6. The fourth-order valence-corrected chi connectivity index (χ4v) is 7.76. The van der Waals surface area contributed by atoms with E-state index in [1.807, 2.05) is 48.5 Å². The zero-order chi connectivity index (χ0) is 32.1. The topological polar surface area (TPSA) is 50.8 Å². The Morgan fingerprint density at radius 1 is 0.660 bits per heavy atom. The molecule has 0 saturated heterocycles. The summed E-state index contributed by atoms with van der Waals surface area (Å²) < 4.78 is 0. The van der Waals surface area contributed by atoms with Crippen LogP contribution in [0.25, 0.3) is 27.1 Å². The second-order valence-corrected chi connectivity index (χ2v) is 12.8. The highest BCUT2D eigenvalue weighted by molar-refractivity contribution is 6.14. The maximum Gasteiger partial charge on any atom is 0.0991 e. The van der Waals surface area contributed by atoms with E-state index in [4.69, 9.17) is 0 Å². The van der Waals surface area contributed by atoms with E-state index in [-0.39, 0.29) is 0 Å². The summed E-state index contributed by atoms with van der Waals surface area (Å²) in [6.07, 6.45) is 11.1. The Hall–Kier alpha value is -5.90. The van der Waals surface area contributed by atoms with Gasteiger partial charge in [-0.25, -0.2) is 0 Å². The van der Waals surface area contributed by atoms with E-state index in [1.54, 1.807) is 0 Å². The molecule has 8 rings (SSSR count). The molecule has 3 heteroatoms. The largest absolute Gasteiger partial charge is 0.311 e. The fraction of sp³-hybridized carbons (Fsp3) is 0.136. The minimum atomic E-state index is 0.371. The number of hydrogen-bond acceptors (Lipinski definition) is 3. The first-order valence-corrected chi connectivity index (χ1v) is 16.3. The Morgan fingerprint density at radius 3 is 1.89 bits per heavy atom. The molecule has 0 saturated carbocycles. The molecule has 0 N–H and O–H groups in total. The van der Waals surface area contributed by atoms with Crippen molar-refractivity contribution in [1.29, 1.82) is 10.5 Å². The second-order valence-electron chi connectivity index (χ2n) is 12.8. The van der Waals surface area contributed by atoms with E-state index in [0.29, 0.717) is 23.0 Å². The Morgan fingerprint density at radius 2 is 1.28 bits per heavy atom. The highest BCUT2D eigenvalue weighted by atomic mass is 15.1. The maximum absolute atomic E-state index is 9.37. The van der Waals surface area contributed by atoms with Crippen LogP contribution in [-0.2, 0) is 6.42 Å². The third-order valence-corrected chi connectivity index (χ3v) is 10.1. The van der Waals surface area contributed by atoms with E-state index >= 15 is 0 Å². The van der Waals surface area contributed by atoms with Crippen LogP contribution in [0.4, 0.5) is 17.1 Å². The lowest BCUT2D eigenvalue weighted by Crippen LogP contribution is -2.17. The summed E-state index contributed by atoms with van der Waals surface area (Å²) in [5, 5.41) is 25.6. The normalized spacial score (nSPS) is 16.7. The summed E-state index contributed by atoms with van der Waals surface area (Å²) >= 11 is 0. The van der Waals surface area contributed by atoms with Gasteiger partial charge in [-0.15, -0.1) is 0 Å². The summed E-state index contributed by atoms with van der Waals surface area (Å²) in [5.74, 6) is 0.829. The van der Waals surface area contributed by atoms with Crippen molar-refractivity contribution in [1.82, 2.24) is 0 Å². The molecule has 3 nitrogen and oxygen atoms in total.